The van der Waals surface area contributed by atoms with Gasteiger partial charge in [0.15, 0.2) is 0 Å². The number of ether oxygens (including phenoxy) is 2. The average Bonchev–Trinajstić information content (AvgIpc) is 2.83. The van der Waals surface area contributed by atoms with E-state index in [9.17, 15) is 10.1 Å². The number of nitrogens with zero attached hydrogens (tertiary/aromatic N) is 1. The highest BCUT2D eigenvalue weighted by molar-refractivity contribution is 5.98. The third-order valence-corrected chi connectivity index (χ3v) is 4.42. The van der Waals surface area contributed by atoms with Crippen LogP contribution in [0.2, 0.25) is 0 Å². The maximum absolute atomic E-state index is 12.9. The second-order valence-electron chi connectivity index (χ2n) is 6.05. The summed E-state index contributed by atoms with van der Waals surface area (Å²) in [4.78, 5) is 12.9. The van der Waals surface area contributed by atoms with Crippen molar-refractivity contribution in [2.45, 2.75) is 58.0 Å². The fourth-order valence-electron chi connectivity index (χ4n) is 3.23. The predicted molar refractivity (Wildman–Crippen MR) is 93.0 cm³/mol. The van der Waals surface area contributed by atoms with Gasteiger partial charge < -0.3 is 14.8 Å². The molecular formula is C19H26N2O3. The van der Waals surface area contributed by atoms with Crippen molar-refractivity contribution in [3.63, 3.8) is 0 Å². The van der Waals surface area contributed by atoms with Crippen LogP contribution in [0.1, 0.15) is 57.9 Å². The maximum Gasteiger partial charge on any atom is 0.256 e. The minimum Gasteiger partial charge on any atom is -0.494 e. The topological polar surface area (TPSA) is 71.3 Å². The van der Waals surface area contributed by atoms with Gasteiger partial charge in [-0.1, -0.05) is 25.7 Å². The van der Waals surface area contributed by atoms with Crippen molar-refractivity contribution in [3.8, 4) is 11.8 Å². The van der Waals surface area contributed by atoms with Crippen LogP contribution >= 0.6 is 0 Å². The van der Waals surface area contributed by atoms with E-state index in [0.29, 0.717) is 30.2 Å². The lowest BCUT2D eigenvalue weighted by atomic mass is 9.92. The Morgan fingerprint density at radius 3 is 2.50 bits per heavy atom. The molecular weight excluding hydrogens is 304 g/mol. The van der Waals surface area contributed by atoms with Crippen molar-refractivity contribution in [3.05, 3.63) is 23.8 Å². The summed E-state index contributed by atoms with van der Waals surface area (Å²) >= 11 is 0. The van der Waals surface area contributed by atoms with Crippen molar-refractivity contribution < 1.29 is 14.3 Å². The number of amides is 1. The number of anilines is 1. The van der Waals surface area contributed by atoms with E-state index in [4.69, 9.17) is 9.47 Å². The van der Waals surface area contributed by atoms with Crippen molar-refractivity contribution in [2.24, 2.45) is 0 Å². The highest BCUT2D eigenvalue weighted by atomic mass is 16.5. The van der Waals surface area contributed by atoms with E-state index < -0.39 is 5.60 Å². The summed E-state index contributed by atoms with van der Waals surface area (Å²) in [5, 5.41) is 12.3. The van der Waals surface area contributed by atoms with Crippen LogP contribution in [-0.4, -0.2) is 24.7 Å². The number of rotatable bonds is 6. The van der Waals surface area contributed by atoms with Crippen LogP contribution in [0, 0.1) is 11.3 Å². The van der Waals surface area contributed by atoms with Gasteiger partial charge in [0.1, 0.15) is 17.4 Å². The van der Waals surface area contributed by atoms with Gasteiger partial charge in [-0.2, -0.15) is 5.26 Å². The van der Waals surface area contributed by atoms with Gasteiger partial charge in [0.2, 0.25) is 0 Å². The molecule has 0 heterocycles. The number of hydrogen-bond donors (Lipinski definition) is 1. The molecule has 0 saturated heterocycles. The first-order chi connectivity index (χ1) is 11.6. The van der Waals surface area contributed by atoms with Gasteiger partial charge >= 0.3 is 0 Å². The van der Waals surface area contributed by atoms with Crippen LogP contribution in [0.15, 0.2) is 18.2 Å². The minimum atomic E-state index is -0.781. The summed E-state index contributed by atoms with van der Waals surface area (Å²) in [5.41, 5.74) is 0.125. The molecule has 1 aliphatic carbocycles. The van der Waals surface area contributed by atoms with Crippen LogP contribution in [-0.2, 0) is 9.53 Å². The number of benzene rings is 1. The lowest BCUT2D eigenvalue weighted by Crippen LogP contribution is -2.45. The quantitative estimate of drug-likeness (QED) is 0.800. The summed E-state index contributed by atoms with van der Waals surface area (Å²) in [6.45, 7) is 4.84. The molecule has 1 aromatic rings. The summed E-state index contributed by atoms with van der Waals surface area (Å²) in [7, 11) is 0. The molecule has 5 nitrogen and oxygen atoms in total. The van der Waals surface area contributed by atoms with E-state index in [0.717, 1.165) is 38.5 Å². The summed E-state index contributed by atoms with van der Waals surface area (Å²) in [6.07, 6.45) is 5.70. The molecule has 5 heteroatoms. The lowest BCUT2D eigenvalue weighted by molar-refractivity contribution is -0.143. The molecule has 1 N–H and O–H groups in total. The van der Waals surface area contributed by atoms with E-state index >= 15 is 0 Å². The molecule has 24 heavy (non-hydrogen) atoms. The fraction of sp³-hybridized carbons (Fsp3) is 0.579. The van der Waals surface area contributed by atoms with Crippen LogP contribution in [0.4, 0.5) is 5.69 Å². The number of carbonyl (C=O) groups is 1. The molecule has 130 valence electrons. The van der Waals surface area contributed by atoms with Crippen molar-refractivity contribution in [1.82, 2.24) is 0 Å². The first-order valence-corrected chi connectivity index (χ1v) is 8.77. The second kappa shape index (κ2) is 8.70. The number of hydrogen-bond acceptors (Lipinski definition) is 4. The van der Waals surface area contributed by atoms with Gasteiger partial charge in [-0.05, 0) is 44.9 Å². The van der Waals surface area contributed by atoms with Crippen LogP contribution in [0.25, 0.3) is 0 Å². The third kappa shape index (κ3) is 4.27. The molecule has 1 aliphatic rings. The number of carbonyl (C=O) groups excluding carboxylic acids is 1. The van der Waals surface area contributed by atoms with Gasteiger partial charge in [0.25, 0.3) is 5.91 Å². The van der Waals surface area contributed by atoms with Gasteiger partial charge in [-0.25, -0.2) is 0 Å². The standard InChI is InChI=1S/C19H26N2O3/c1-3-23-16-9-10-17(15(13-16)14-20)21-18(22)19(24-4-2)11-7-5-6-8-12-19/h9-10,13H,3-8,11-12H2,1-2H3,(H,21,22). The molecule has 0 atom stereocenters. The Hall–Kier alpha value is -2.06. The van der Waals surface area contributed by atoms with Gasteiger partial charge in [-0.3, -0.25) is 4.79 Å². The van der Waals surface area contributed by atoms with E-state index in [-0.39, 0.29) is 5.91 Å². The van der Waals surface area contributed by atoms with Crippen LogP contribution in [0.3, 0.4) is 0 Å². The molecule has 1 aromatic carbocycles. The Bertz CT molecular complexity index is 599. The number of nitriles is 1. The molecule has 0 aliphatic heterocycles. The number of nitrogens with one attached hydrogen (secondary N) is 1. The predicted octanol–water partition coefficient (Wildman–Crippen LogP) is 4.02. The monoisotopic (exact) mass is 330 g/mol. The molecule has 0 bridgehead atoms. The Balaban J connectivity index is 2.21. The van der Waals surface area contributed by atoms with Crippen LogP contribution < -0.4 is 10.1 Å². The zero-order valence-electron chi connectivity index (χ0n) is 14.6. The van der Waals surface area contributed by atoms with Crippen LogP contribution in [0.5, 0.6) is 5.75 Å². The molecule has 2 rings (SSSR count). The SMILES string of the molecule is CCOc1ccc(NC(=O)C2(OCC)CCCCCC2)c(C#N)c1. The van der Waals surface area contributed by atoms with E-state index in [1.807, 2.05) is 13.8 Å². The molecule has 1 saturated carbocycles. The maximum atomic E-state index is 12.9. The third-order valence-electron chi connectivity index (χ3n) is 4.42. The summed E-state index contributed by atoms with van der Waals surface area (Å²) in [6, 6.07) is 7.26. The molecule has 0 aromatic heterocycles. The lowest BCUT2D eigenvalue weighted by Gasteiger charge is -2.31. The first-order valence-electron chi connectivity index (χ1n) is 8.77. The first kappa shape index (κ1) is 18.3. The van der Waals surface area contributed by atoms with Crippen molar-refractivity contribution >= 4 is 11.6 Å². The van der Waals surface area contributed by atoms with E-state index in [2.05, 4.69) is 11.4 Å². The second-order valence-corrected chi connectivity index (χ2v) is 6.05. The molecule has 1 amide bonds. The highest BCUT2D eigenvalue weighted by Gasteiger charge is 2.39. The molecule has 0 spiro atoms. The van der Waals surface area contributed by atoms with Gasteiger partial charge in [0.05, 0.1) is 17.9 Å². The van der Waals surface area contributed by atoms with Gasteiger partial charge in [-0.15, -0.1) is 0 Å². The molecule has 0 radical (unpaired) electrons. The van der Waals surface area contributed by atoms with E-state index in [1.54, 1.807) is 18.2 Å². The highest BCUT2D eigenvalue weighted by Crippen LogP contribution is 2.32. The Labute approximate surface area is 144 Å². The zero-order valence-corrected chi connectivity index (χ0v) is 14.6. The van der Waals surface area contributed by atoms with Gasteiger partial charge in [0, 0.05) is 6.61 Å². The van der Waals surface area contributed by atoms with Crippen molar-refractivity contribution in [1.29, 1.82) is 5.26 Å². The zero-order chi connectivity index (χ0) is 17.4. The minimum absolute atomic E-state index is 0.146. The summed E-state index contributed by atoms with van der Waals surface area (Å²) in [5.74, 6) is 0.480. The largest absolute Gasteiger partial charge is 0.494 e. The molecule has 1 fully saturated rings. The Kier molecular flexibility index (Phi) is 6.62. The molecule has 0 unspecified atom stereocenters. The fourth-order valence-corrected chi connectivity index (χ4v) is 3.23. The average molecular weight is 330 g/mol. The van der Waals surface area contributed by atoms with E-state index in [1.165, 1.54) is 0 Å². The Morgan fingerprint density at radius 1 is 1.21 bits per heavy atom. The van der Waals surface area contributed by atoms with Crippen molar-refractivity contribution in [2.75, 3.05) is 18.5 Å². The summed E-state index contributed by atoms with van der Waals surface area (Å²) < 4.78 is 11.3. The Morgan fingerprint density at radius 2 is 1.92 bits per heavy atom. The normalized spacial score (nSPS) is 16.7. The smallest absolute Gasteiger partial charge is 0.256 e.